The van der Waals surface area contributed by atoms with Crippen LogP contribution >= 0.6 is 0 Å². The predicted molar refractivity (Wildman–Crippen MR) is 75.8 cm³/mol. The van der Waals surface area contributed by atoms with Crippen molar-refractivity contribution in [3.05, 3.63) is 48.5 Å². The quantitative estimate of drug-likeness (QED) is 0.746. The first kappa shape index (κ1) is 12.7. The van der Waals surface area contributed by atoms with Crippen molar-refractivity contribution >= 4 is 16.8 Å². The lowest BCUT2D eigenvalue weighted by molar-refractivity contribution is -0.133. The summed E-state index contributed by atoms with van der Waals surface area (Å²) in [4.78, 5) is 0. The van der Waals surface area contributed by atoms with Gasteiger partial charge in [0.05, 0.1) is 0 Å². The highest BCUT2D eigenvalue weighted by molar-refractivity contribution is 5.90. The van der Waals surface area contributed by atoms with Gasteiger partial charge in [-0.25, -0.2) is 0 Å². The van der Waals surface area contributed by atoms with E-state index < -0.39 is 5.79 Å². The van der Waals surface area contributed by atoms with Gasteiger partial charge in [-0.3, -0.25) is 0 Å². The third kappa shape index (κ3) is 2.54. The minimum Gasteiger partial charge on any atom is -0.462 e. The van der Waals surface area contributed by atoms with Gasteiger partial charge in [0.2, 0.25) is 5.79 Å². The molecule has 2 aromatic rings. The summed E-state index contributed by atoms with van der Waals surface area (Å²) in [5.74, 6) is 0.182. The van der Waals surface area contributed by atoms with E-state index in [2.05, 4.69) is 24.8 Å². The zero-order valence-electron chi connectivity index (χ0n) is 11.1. The average Bonchev–Trinajstić information content (AvgIpc) is 2.38. The molecule has 0 fully saturated rings. The molecule has 0 radical (unpaired) electrons. The highest BCUT2D eigenvalue weighted by atomic mass is 16.7. The van der Waals surface area contributed by atoms with E-state index >= 15 is 0 Å². The van der Waals surface area contributed by atoms with Crippen molar-refractivity contribution in [1.82, 2.24) is 0 Å². The van der Waals surface area contributed by atoms with Crippen molar-refractivity contribution in [2.45, 2.75) is 19.6 Å². The SMILES string of the molecule is C=Cc1ccc2cccc(OC(C)(C)OC)c2c1. The fourth-order valence-electron chi connectivity index (χ4n) is 1.78. The first-order valence-electron chi connectivity index (χ1n) is 5.95. The van der Waals surface area contributed by atoms with Crippen molar-refractivity contribution in [1.29, 1.82) is 0 Å². The molecule has 0 amide bonds. The van der Waals surface area contributed by atoms with Crippen LogP contribution in [0.1, 0.15) is 19.4 Å². The maximum absolute atomic E-state index is 5.91. The molecule has 2 heteroatoms. The number of hydrogen-bond donors (Lipinski definition) is 0. The van der Waals surface area contributed by atoms with Crippen molar-refractivity contribution in [3.63, 3.8) is 0 Å². The second-order valence-corrected chi connectivity index (χ2v) is 4.65. The van der Waals surface area contributed by atoms with Crippen LogP contribution in [-0.2, 0) is 4.74 Å². The van der Waals surface area contributed by atoms with E-state index in [0.29, 0.717) is 0 Å². The summed E-state index contributed by atoms with van der Waals surface area (Å²) < 4.78 is 11.2. The third-order valence-electron chi connectivity index (χ3n) is 2.95. The second kappa shape index (κ2) is 4.83. The summed E-state index contributed by atoms with van der Waals surface area (Å²) in [6.07, 6.45) is 1.83. The lowest BCUT2D eigenvalue weighted by Gasteiger charge is -2.25. The molecule has 0 spiro atoms. The maximum Gasteiger partial charge on any atom is 0.204 e. The van der Waals surface area contributed by atoms with E-state index in [-0.39, 0.29) is 0 Å². The smallest absolute Gasteiger partial charge is 0.204 e. The molecule has 0 aliphatic rings. The largest absolute Gasteiger partial charge is 0.462 e. The molecule has 2 rings (SSSR count). The van der Waals surface area contributed by atoms with E-state index in [0.717, 1.165) is 22.1 Å². The van der Waals surface area contributed by atoms with Gasteiger partial charge in [-0.2, -0.15) is 0 Å². The van der Waals surface area contributed by atoms with Crippen LogP contribution < -0.4 is 4.74 Å². The topological polar surface area (TPSA) is 18.5 Å². The predicted octanol–water partition coefficient (Wildman–Crippen LogP) is 4.24. The van der Waals surface area contributed by atoms with Gasteiger partial charge < -0.3 is 9.47 Å². The Morgan fingerprint density at radius 1 is 1.17 bits per heavy atom. The van der Waals surface area contributed by atoms with E-state index in [1.807, 2.05) is 38.1 Å². The second-order valence-electron chi connectivity index (χ2n) is 4.65. The summed E-state index contributed by atoms with van der Waals surface area (Å²) in [7, 11) is 1.64. The fraction of sp³-hybridized carbons (Fsp3) is 0.250. The number of methoxy groups -OCH3 is 1. The molecule has 0 aliphatic carbocycles. The number of ether oxygens (including phenoxy) is 2. The molecule has 0 heterocycles. The van der Waals surface area contributed by atoms with Crippen molar-refractivity contribution in [2.75, 3.05) is 7.11 Å². The third-order valence-corrected chi connectivity index (χ3v) is 2.95. The Balaban J connectivity index is 2.53. The fourth-order valence-corrected chi connectivity index (χ4v) is 1.78. The van der Waals surface area contributed by atoms with Gasteiger partial charge in [-0.15, -0.1) is 0 Å². The summed E-state index contributed by atoms with van der Waals surface area (Å²) in [5, 5.41) is 2.21. The highest BCUT2D eigenvalue weighted by Gasteiger charge is 2.19. The Kier molecular flexibility index (Phi) is 3.39. The monoisotopic (exact) mass is 242 g/mol. The lowest BCUT2D eigenvalue weighted by atomic mass is 10.1. The standard InChI is InChI=1S/C16H18O2/c1-5-12-9-10-13-7-6-8-15(14(13)11-12)18-16(2,3)17-4/h5-11H,1H2,2-4H3. The lowest BCUT2D eigenvalue weighted by Crippen LogP contribution is -2.30. The number of fused-ring (bicyclic) bond motifs is 1. The molecule has 0 bridgehead atoms. The zero-order chi connectivity index (χ0) is 13.2. The van der Waals surface area contributed by atoms with E-state index in [1.165, 1.54) is 0 Å². The van der Waals surface area contributed by atoms with Gasteiger partial charge in [-0.1, -0.05) is 36.9 Å². The van der Waals surface area contributed by atoms with Crippen molar-refractivity contribution in [3.8, 4) is 5.75 Å². The van der Waals surface area contributed by atoms with Gasteiger partial charge in [0, 0.05) is 26.3 Å². The van der Waals surface area contributed by atoms with E-state index in [9.17, 15) is 0 Å². The van der Waals surface area contributed by atoms with Crippen molar-refractivity contribution in [2.24, 2.45) is 0 Å². The Morgan fingerprint density at radius 2 is 1.94 bits per heavy atom. The molecule has 94 valence electrons. The maximum atomic E-state index is 5.91. The number of rotatable bonds is 4. The Hall–Kier alpha value is -1.80. The number of benzene rings is 2. The molecular weight excluding hydrogens is 224 g/mol. The van der Waals surface area contributed by atoms with Crippen molar-refractivity contribution < 1.29 is 9.47 Å². The Morgan fingerprint density at radius 3 is 2.61 bits per heavy atom. The van der Waals surface area contributed by atoms with Crippen LogP contribution in [0.5, 0.6) is 5.75 Å². The van der Waals surface area contributed by atoms with Gasteiger partial charge in [0.25, 0.3) is 0 Å². The summed E-state index contributed by atoms with van der Waals surface area (Å²) in [5.41, 5.74) is 1.08. The van der Waals surface area contributed by atoms with E-state index in [1.54, 1.807) is 7.11 Å². The van der Waals surface area contributed by atoms with Crippen LogP contribution in [0.4, 0.5) is 0 Å². The molecular formula is C16H18O2. The molecule has 0 aliphatic heterocycles. The molecule has 2 aromatic carbocycles. The van der Waals surface area contributed by atoms with Crippen LogP contribution in [0.25, 0.3) is 16.8 Å². The molecule has 2 nitrogen and oxygen atoms in total. The first-order chi connectivity index (χ1) is 8.55. The average molecular weight is 242 g/mol. The molecule has 0 saturated heterocycles. The van der Waals surface area contributed by atoms with Gasteiger partial charge in [0.15, 0.2) is 0 Å². The van der Waals surface area contributed by atoms with Crippen LogP contribution in [0, 0.1) is 0 Å². The summed E-state index contributed by atoms with van der Waals surface area (Å²) in [6, 6.07) is 12.2. The van der Waals surface area contributed by atoms with Crippen LogP contribution in [0.3, 0.4) is 0 Å². The van der Waals surface area contributed by atoms with Crippen LogP contribution in [-0.4, -0.2) is 12.9 Å². The van der Waals surface area contributed by atoms with Crippen LogP contribution in [0.15, 0.2) is 43.0 Å². The Labute approximate surface area is 108 Å². The summed E-state index contributed by atoms with van der Waals surface area (Å²) >= 11 is 0. The van der Waals surface area contributed by atoms with Gasteiger partial charge in [-0.05, 0) is 23.1 Å². The van der Waals surface area contributed by atoms with Gasteiger partial charge in [0.1, 0.15) is 5.75 Å². The molecule has 0 aromatic heterocycles. The molecule has 0 unspecified atom stereocenters. The van der Waals surface area contributed by atoms with Gasteiger partial charge >= 0.3 is 0 Å². The zero-order valence-corrected chi connectivity index (χ0v) is 11.1. The van der Waals surface area contributed by atoms with Crippen LogP contribution in [0.2, 0.25) is 0 Å². The normalized spacial score (nSPS) is 11.5. The molecule has 18 heavy (non-hydrogen) atoms. The minimum atomic E-state index is -0.640. The molecule has 0 saturated carbocycles. The Bertz CT molecular complexity index is 570. The minimum absolute atomic E-state index is 0.640. The first-order valence-corrected chi connectivity index (χ1v) is 5.95. The number of hydrogen-bond acceptors (Lipinski definition) is 2. The summed E-state index contributed by atoms with van der Waals surface area (Å²) in [6.45, 7) is 7.58. The van der Waals surface area contributed by atoms with E-state index in [4.69, 9.17) is 9.47 Å². The highest BCUT2D eigenvalue weighted by Crippen LogP contribution is 2.29. The molecule has 0 N–H and O–H groups in total. The molecule has 0 atom stereocenters.